The van der Waals surface area contributed by atoms with Crippen LogP contribution in [-0.2, 0) is 14.3 Å². The fraction of sp³-hybridized carbons (Fsp3) is 0.467. The molecule has 1 N–H and O–H groups in total. The number of carbonyl (C=O) groups excluding carboxylic acids is 1. The maximum Gasteiger partial charge on any atom is 0.334 e. The second-order valence-electron chi connectivity index (χ2n) is 5.35. The monoisotopic (exact) mass is 389 g/mol. The van der Waals surface area contributed by atoms with E-state index in [9.17, 15) is 14.0 Å². The number of ether oxygens (including phenoxy) is 2. The summed E-state index contributed by atoms with van der Waals surface area (Å²) < 4.78 is 24.3. The molecule has 2 rings (SSSR count). The number of rotatable bonds is 4. The molecule has 23 heavy (non-hydrogen) atoms. The second-order valence-corrected chi connectivity index (χ2v) is 6.21. The van der Waals surface area contributed by atoms with Gasteiger partial charge in [0.1, 0.15) is 11.6 Å². The van der Waals surface area contributed by atoms with Crippen molar-refractivity contribution in [3.63, 3.8) is 0 Å². The van der Waals surface area contributed by atoms with Crippen LogP contribution in [0.5, 0.6) is 5.75 Å². The van der Waals surface area contributed by atoms with Gasteiger partial charge in [-0.1, -0.05) is 0 Å². The predicted octanol–water partition coefficient (Wildman–Crippen LogP) is 2.06. The van der Waals surface area contributed by atoms with Gasteiger partial charge in [0.15, 0.2) is 12.2 Å². The topological polar surface area (TPSA) is 76.1 Å². The quantitative estimate of drug-likeness (QED) is 0.852. The van der Waals surface area contributed by atoms with Crippen LogP contribution in [-0.4, -0.2) is 53.3 Å². The van der Waals surface area contributed by atoms with Crippen LogP contribution < -0.4 is 4.74 Å². The van der Waals surface area contributed by atoms with Gasteiger partial charge >= 0.3 is 5.97 Å². The zero-order valence-electron chi connectivity index (χ0n) is 12.7. The highest BCUT2D eigenvalue weighted by Crippen LogP contribution is 2.27. The molecule has 0 aromatic heterocycles. The summed E-state index contributed by atoms with van der Waals surface area (Å²) in [5.41, 5.74) is 0. The van der Waals surface area contributed by atoms with Gasteiger partial charge < -0.3 is 19.5 Å². The van der Waals surface area contributed by atoms with E-state index >= 15 is 0 Å². The number of carboxylic acids is 1. The third kappa shape index (κ3) is 4.42. The highest BCUT2D eigenvalue weighted by molar-refractivity contribution is 9.10. The van der Waals surface area contributed by atoms with Gasteiger partial charge in [0.05, 0.1) is 17.1 Å². The van der Waals surface area contributed by atoms with Gasteiger partial charge in [-0.15, -0.1) is 0 Å². The van der Waals surface area contributed by atoms with Gasteiger partial charge in [-0.05, 0) is 48.0 Å². The standard InChI is InChI=1S/C15H17BrFNO5/c1-8-6-18(7-13(22-8)15(20)21)14(19)9(2)23-12-4-3-10(17)5-11(12)16/h3-5,8-9,13H,6-7H2,1-2H3,(H,20,21)/t8-,9?,13?/m1/s1. The number of aliphatic carboxylic acids is 1. The van der Waals surface area contributed by atoms with Gasteiger partial charge in [-0.2, -0.15) is 0 Å². The van der Waals surface area contributed by atoms with Crippen molar-refractivity contribution in [1.29, 1.82) is 0 Å². The summed E-state index contributed by atoms with van der Waals surface area (Å²) in [6.07, 6.45) is -2.26. The molecule has 8 heteroatoms. The minimum absolute atomic E-state index is 0.0310. The molecule has 0 saturated carbocycles. The molecule has 1 heterocycles. The van der Waals surface area contributed by atoms with E-state index in [2.05, 4.69) is 15.9 Å². The SMILES string of the molecule is CC(Oc1ccc(F)cc1Br)C(=O)N1CC(C(=O)O)O[C@H](C)C1. The number of carboxylic acid groups (broad SMARTS) is 1. The molecule has 1 saturated heterocycles. The van der Waals surface area contributed by atoms with Crippen molar-refractivity contribution >= 4 is 27.8 Å². The summed E-state index contributed by atoms with van der Waals surface area (Å²) in [7, 11) is 0. The number of halogens is 2. The Morgan fingerprint density at radius 1 is 1.48 bits per heavy atom. The molecule has 1 aliphatic rings. The number of hydrogen-bond acceptors (Lipinski definition) is 4. The number of carbonyl (C=O) groups is 2. The number of morpholine rings is 1. The first-order chi connectivity index (χ1) is 10.8. The van der Waals surface area contributed by atoms with Crippen molar-refractivity contribution in [1.82, 2.24) is 4.90 Å². The minimum atomic E-state index is -1.11. The van der Waals surface area contributed by atoms with Crippen LogP contribution in [0.25, 0.3) is 0 Å². The van der Waals surface area contributed by atoms with Gasteiger partial charge in [0.25, 0.3) is 5.91 Å². The van der Waals surface area contributed by atoms with Crippen LogP contribution in [0.3, 0.4) is 0 Å². The fourth-order valence-electron chi connectivity index (χ4n) is 2.34. The van der Waals surface area contributed by atoms with Crippen LogP contribution in [0.2, 0.25) is 0 Å². The van der Waals surface area contributed by atoms with Crippen molar-refractivity contribution in [2.45, 2.75) is 32.2 Å². The third-order valence-corrected chi connectivity index (χ3v) is 4.01. The van der Waals surface area contributed by atoms with Gasteiger partial charge in [-0.25, -0.2) is 9.18 Å². The summed E-state index contributed by atoms with van der Waals surface area (Å²) in [6, 6.07) is 3.89. The maximum atomic E-state index is 13.1. The number of hydrogen-bond donors (Lipinski definition) is 1. The van der Waals surface area contributed by atoms with Crippen LogP contribution in [0, 0.1) is 5.82 Å². The zero-order chi connectivity index (χ0) is 17.1. The second kappa shape index (κ2) is 7.27. The molecule has 1 aromatic rings. The molecule has 0 aliphatic carbocycles. The van der Waals surface area contributed by atoms with Crippen LogP contribution in [0.4, 0.5) is 4.39 Å². The van der Waals surface area contributed by atoms with Crippen molar-refractivity contribution in [3.05, 3.63) is 28.5 Å². The Labute approximate surface area is 141 Å². The largest absolute Gasteiger partial charge is 0.480 e. The first kappa shape index (κ1) is 17.7. The number of nitrogens with zero attached hydrogens (tertiary/aromatic N) is 1. The molecule has 3 atom stereocenters. The number of benzene rings is 1. The molecule has 1 amide bonds. The Hall–Kier alpha value is -1.67. The van der Waals surface area contributed by atoms with Gasteiger partial charge in [0.2, 0.25) is 0 Å². The summed E-state index contributed by atoms with van der Waals surface area (Å²) in [5, 5.41) is 9.06. The molecule has 1 fully saturated rings. The van der Waals surface area contributed by atoms with Gasteiger partial charge in [0, 0.05) is 6.54 Å². The molecular formula is C15H17BrFNO5. The van der Waals surface area contributed by atoms with E-state index in [0.717, 1.165) is 0 Å². The molecule has 2 unspecified atom stereocenters. The van der Waals surface area contributed by atoms with E-state index in [1.807, 2.05) is 0 Å². The molecule has 1 aromatic carbocycles. The fourth-order valence-corrected chi connectivity index (χ4v) is 2.78. The summed E-state index contributed by atoms with van der Waals surface area (Å²) in [4.78, 5) is 24.9. The lowest BCUT2D eigenvalue weighted by Gasteiger charge is -2.36. The summed E-state index contributed by atoms with van der Waals surface area (Å²) in [5.74, 6) is -1.54. The van der Waals surface area contributed by atoms with Crippen molar-refractivity contribution in [3.8, 4) is 5.75 Å². The average Bonchev–Trinajstić information content (AvgIpc) is 2.48. The van der Waals surface area contributed by atoms with Crippen molar-refractivity contribution in [2.75, 3.05) is 13.1 Å². The Kier molecular flexibility index (Phi) is 5.59. The lowest BCUT2D eigenvalue weighted by atomic mass is 10.2. The van der Waals surface area contributed by atoms with Crippen molar-refractivity contribution < 1.29 is 28.6 Å². The molecular weight excluding hydrogens is 373 g/mol. The summed E-state index contributed by atoms with van der Waals surface area (Å²) in [6.45, 7) is 3.53. The lowest BCUT2D eigenvalue weighted by molar-refractivity contribution is -0.168. The Morgan fingerprint density at radius 3 is 2.78 bits per heavy atom. The maximum absolute atomic E-state index is 13.1. The average molecular weight is 390 g/mol. The molecule has 6 nitrogen and oxygen atoms in total. The summed E-state index contributed by atoms with van der Waals surface area (Å²) >= 11 is 3.17. The molecule has 0 bridgehead atoms. The smallest absolute Gasteiger partial charge is 0.334 e. The first-order valence-corrected chi connectivity index (χ1v) is 7.86. The van der Waals surface area contributed by atoms with Crippen molar-refractivity contribution in [2.24, 2.45) is 0 Å². The Morgan fingerprint density at radius 2 is 2.17 bits per heavy atom. The van der Waals surface area contributed by atoms with E-state index in [1.54, 1.807) is 13.8 Å². The predicted molar refractivity (Wildman–Crippen MR) is 82.7 cm³/mol. The van der Waals surface area contributed by atoms with Crippen LogP contribution in [0.1, 0.15) is 13.8 Å². The molecule has 0 spiro atoms. The first-order valence-electron chi connectivity index (χ1n) is 7.06. The van der Waals surface area contributed by atoms with E-state index in [1.165, 1.54) is 23.1 Å². The highest BCUT2D eigenvalue weighted by Gasteiger charge is 2.34. The van der Waals surface area contributed by atoms with E-state index in [0.29, 0.717) is 16.8 Å². The van der Waals surface area contributed by atoms with E-state index < -0.39 is 24.0 Å². The minimum Gasteiger partial charge on any atom is -0.480 e. The Balaban J connectivity index is 2.05. The highest BCUT2D eigenvalue weighted by atomic mass is 79.9. The molecule has 0 radical (unpaired) electrons. The number of amides is 1. The van der Waals surface area contributed by atoms with Gasteiger partial charge in [-0.3, -0.25) is 4.79 Å². The normalized spacial score (nSPS) is 22.5. The molecule has 126 valence electrons. The zero-order valence-corrected chi connectivity index (χ0v) is 14.2. The van der Waals surface area contributed by atoms with E-state index in [-0.39, 0.29) is 18.6 Å². The van der Waals surface area contributed by atoms with Crippen LogP contribution >= 0.6 is 15.9 Å². The van der Waals surface area contributed by atoms with E-state index in [4.69, 9.17) is 14.6 Å². The lowest BCUT2D eigenvalue weighted by Crippen LogP contribution is -2.54. The Bertz CT molecular complexity index is 612. The van der Waals surface area contributed by atoms with Crippen LogP contribution in [0.15, 0.2) is 22.7 Å². The molecule has 1 aliphatic heterocycles. The third-order valence-electron chi connectivity index (χ3n) is 3.39.